The number of phenolic OH excluding ortho intramolecular Hbond substituents is 1. The predicted octanol–water partition coefficient (Wildman–Crippen LogP) is -1.34. The number of ether oxygens (including phenoxy) is 1. The van der Waals surface area contributed by atoms with E-state index in [2.05, 4.69) is 5.32 Å². The van der Waals surface area contributed by atoms with Crippen molar-refractivity contribution < 1.29 is 24.9 Å². The second-order valence-corrected chi connectivity index (χ2v) is 3.63. The number of aliphatic hydroxyl groups is 2. The van der Waals surface area contributed by atoms with Gasteiger partial charge in [-0.05, 0) is 12.1 Å². The van der Waals surface area contributed by atoms with Crippen LogP contribution in [0.3, 0.4) is 0 Å². The highest BCUT2D eigenvalue weighted by atomic mass is 16.5. The van der Waals surface area contributed by atoms with E-state index in [0.717, 1.165) is 0 Å². The number of carbonyl (C=O) groups is 1. The molecule has 0 saturated carbocycles. The average molecular weight is 256 g/mol. The third-order valence-electron chi connectivity index (χ3n) is 2.43. The maximum Gasteiger partial charge on any atom is 0.239 e. The first-order valence-corrected chi connectivity index (χ1v) is 5.21. The summed E-state index contributed by atoms with van der Waals surface area (Å²) in [5, 5.41) is 30.1. The number of carbonyl (C=O) groups excluding carboxylic acids is 1. The van der Waals surface area contributed by atoms with Crippen molar-refractivity contribution in [3.05, 3.63) is 23.8 Å². The summed E-state index contributed by atoms with van der Waals surface area (Å²) in [6.07, 6.45) is -1.92. The number of methoxy groups -OCH3 is 1. The number of primary amides is 1. The minimum atomic E-state index is -1.92. The summed E-state index contributed by atoms with van der Waals surface area (Å²) in [6, 6.07) is 3.36. The zero-order valence-corrected chi connectivity index (χ0v) is 9.83. The smallest absolute Gasteiger partial charge is 0.239 e. The normalized spacial score (nSPS) is 12.4. The molecule has 1 amide bonds. The Morgan fingerprint density at radius 1 is 1.50 bits per heavy atom. The van der Waals surface area contributed by atoms with Crippen LogP contribution in [0, 0.1) is 0 Å². The molecule has 0 unspecified atom stereocenters. The summed E-state index contributed by atoms with van der Waals surface area (Å²) in [7, 11) is 1.44. The summed E-state index contributed by atoms with van der Waals surface area (Å²) in [4.78, 5) is 10.9. The van der Waals surface area contributed by atoms with Crippen LogP contribution < -0.4 is 15.8 Å². The molecular weight excluding hydrogens is 240 g/mol. The minimum absolute atomic E-state index is 0.00106. The molecule has 0 spiro atoms. The lowest BCUT2D eigenvalue weighted by Crippen LogP contribution is -2.49. The molecule has 7 nitrogen and oxygen atoms in total. The van der Waals surface area contributed by atoms with Crippen molar-refractivity contribution in [2.75, 3.05) is 7.11 Å². The van der Waals surface area contributed by atoms with Gasteiger partial charge >= 0.3 is 0 Å². The number of benzene rings is 1. The third kappa shape index (κ3) is 3.33. The summed E-state index contributed by atoms with van der Waals surface area (Å²) >= 11 is 0. The van der Waals surface area contributed by atoms with Crippen LogP contribution in [0.1, 0.15) is 5.56 Å². The second kappa shape index (κ2) is 6.20. The number of aromatic hydroxyl groups is 1. The number of nitrogens with two attached hydrogens (primary N) is 1. The predicted molar refractivity (Wildman–Crippen MR) is 62.7 cm³/mol. The van der Waals surface area contributed by atoms with Gasteiger partial charge in [0.2, 0.25) is 5.91 Å². The van der Waals surface area contributed by atoms with Gasteiger partial charge in [-0.1, -0.05) is 6.07 Å². The van der Waals surface area contributed by atoms with E-state index >= 15 is 0 Å². The third-order valence-corrected chi connectivity index (χ3v) is 2.43. The molecule has 100 valence electrons. The number of nitrogens with one attached hydrogen (secondary N) is 1. The van der Waals surface area contributed by atoms with E-state index in [-0.39, 0.29) is 12.3 Å². The lowest BCUT2D eigenvalue weighted by atomic mass is 10.1. The Morgan fingerprint density at radius 2 is 2.17 bits per heavy atom. The summed E-state index contributed by atoms with van der Waals surface area (Å²) in [5.74, 6) is -0.518. The van der Waals surface area contributed by atoms with Crippen LogP contribution in [0.2, 0.25) is 0 Å². The number of rotatable bonds is 6. The van der Waals surface area contributed by atoms with Crippen molar-refractivity contribution in [1.82, 2.24) is 5.32 Å². The summed E-state index contributed by atoms with van der Waals surface area (Å²) < 4.78 is 5.04. The molecule has 6 N–H and O–H groups in total. The standard InChI is InChI=1S/C11H16N2O5/c1-18-8-4-2-3-7(14)6(8)5-13-9(10(12)15)11(16)17/h2-4,9,11,13-14,16-17H,5H2,1H3,(H2,12,15)/t9-/m1/s1. The quantitative estimate of drug-likeness (QED) is 0.401. The molecule has 1 aromatic rings. The first-order chi connectivity index (χ1) is 8.47. The van der Waals surface area contributed by atoms with Crippen molar-refractivity contribution >= 4 is 5.91 Å². The Bertz CT molecular complexity index is 422. The van der Waals surface area contributed by atoms with Crippen LogP contribution in [-0.2, 0) is 11.3 Å². The number of amides is 1. The van der Waals surface area contributed by atoms with Gasteiger partial charge in [0.25, 0.3) is 0 Å². The van der Waals surface area contributed by atoms with E-state index in [1.807, 2.05) is 0 Å². The molecule has 1 atom stereocenters. The number of hydrogen-bond acceptors (Lipinski definition) is 6. The molecule has 7 heteroatoms. The molecule has 1 rings (SSSR count). The van der Waals surface area contributed by atoms with Crippen molar-refractivity contribution in [2.45, 2.75) is 18.9 Å². The van der Waals surface area contributed by atoms with Crippen molar-refractivity contribution in [3.8, 4) is 11.5 Å². The van der Waals surface area contributed by atoms with E-state index in [4.69, 9.17) is 20.7 Å². The maximum atomic E-state index is 10.9. The lowest BCUT2D eigenvalue weighted by Gasteiger charge is -2.18. The van der Waals surface area contributed by atoms with Crippen LogP contribution >= 0.6 is 0 Å². The van der Waals surface area contributed by atoms with Crippen LogP contribution in [0.25, 0.3) is 0 Å². The zero-order valence-electron chi connectivity index (χ0n) is 9.83. The van der Waals surface area contributed by atoms with Gasteiger partial charge in [-0.15, -0.1) is 0 Å². The van der Waals surface area contributed by atoms with Gasteiger partial charge in [0.1, 0.15) is 17.5 Å². The Labute approximate surface area is 104 Å². The fourth-order valence-corrected chi connectivity index (χ4v) is 1.49. The first kappa shape index (κ1) is 14.2. The van der Waals surface area contributed by atoms with Gasteiger partial charge < -0.3 is 25.8 Å². The molecule has 0 fully saturated rings. The molecule has 0 aliphatic heterocycles. The molecular formula is C11H16N2O5. The first-order valence-electron chi connectivity index (χ1n) is 5.21. The summed E-state index contributed by atoms with van der Waals surface area (Å²) in [6.45, 7) is 0.00106. The maximum absolute atomic E-state index is 10.9. The zero-order chi connectivity index (χ0) is 13.7. The second-order valence-electron chi connectivity index (χ2n) is 3.63. The molecule has 0 aromatic heterocycles. The summed E-state index contributed by atoms with van der Waals surface area (Å²) in [5.41, 5.74) is 5.39. The van der Waals surface area contributed by atoms with E-state index in [1.54, 1.807) is 12.1 Å². The molecule has 18 heavy (non-hydrogen) atoms. The molecule has 1 aromatic carbocycles. The molecule has 0 aliphatic rings. The van der Waals surface area contributed by atoms with E-state index < -0.39 is 18.2 Å². The van der Waals surface area contributed by atoms with Crippen LogP contribution in [0.4, 0.5) is 0 Å². The van der Waals surface area contributed by atoms with Crippen molar-refractivity contribution in [1.29, 1.82) is 0 Å². The molecule has 0 aliphatic carbocycles. The van der Waals surface area contributed by atoms with E-state index in [0.29, 0.717) is 11.3 Å². The monoisotopic (exact) mass is 256 g/mol. The Hall–Kier alpha value is -1.83. The highest BCUT2D eigenvalue weighted by molar-refractivity contribution is 5.80. The van der Waals surface area contributed by atoms with Crippen LogP contribution in [-0.4, -0.2) is 40.7 Å². The fraction of sp³-hybridized carbons (Fsp3) is 0.364. The fourth-order valence-electron chi connectivity index (χ4n) is 1.49. The Morgan fingerprint density at radius 3 is 2.67 bits per heavy atom. The number of hydrogen-bond donors (Lipinski definition) is 5. The SMILES string of the molecule is COc1cccc(O)c1CN[C@H](C(N)=O)C(O)O. The minimum Gasteiger partial charge on any atom is -0.507 e. The van der Waals surface area contributed by atoms with Gasteiger partial charge in [0.05, 0.1) is 7.11 Å². The molecule has 0 radical (unpaired) electrons. The lowest BCUT2D eigenvalue weighted by molar-refractivity contribution is -0.132. The van der Waals surface area contributed by atoms with E-state index in [1.165, 1.54) is 13.2 Å². The van der Waals surface area contributed by atoms with Gasteiger partial charge in [0.15, 0.2) is 6.29 Å². The van der Waals surface area contributed by atoms with Crippen molar-refractivity contribution in [3.63, 3.8) is 0 Å². The van der Waals surface area contributed by atoms with Crippen LogP contribution in [0.15, 0.2) is 18.2 Å². The average Bonchev–Trinajstić information content (AvgIpc) is 2.30. The van der Waals surface area contributed by atoms with Gasteiger partial charge in [-0.2, -0.15) is 0 Å². The largest absolute Gasteiger partial charge is 0.507 e. The van der Waals surface area contributed by atoms with Gasteiger partial charge in [-0.3, -0.25) is 10.1 Å². The molecule has 0 bridgehead atoms. The van der Waals surface area contributed by atoms with Gasteiger partial charge in [-0.25, -0.2) is 0 Å². The molecule has 0 heterocycles. The van der Waals surface area contributed by atoms with Crippen molar-refractivity contribution in [2.24, 2.45) is 5.73 Å². The highest BCUT2D eigenvalue weighted by Crippen LogP contribution is 2.26. The van der Waals surface area contributed by atoms with Crippen LogP contribution in [0.5, 0.6) is 11.5 Å². The Balaban J connectivity index is 2.82. The number of phenols is 1. The number of aliphatic hydroxyl groups excluding tert-OH is 1. The molecule has 0 saturated heterocycles. The highest BCUT2D eigenvalue weighted by Gasteiger charge is 2.23. The van der Waals surface area contributed by atoms with E-state index in [9.17, 15) is 9.90 Å². The Kier molecular flexibility index (Phi) is 4.90. The topological polar surface area (TPSA) is 125 Å². The van der Waals surface area contributed by atoms with Gasteiger partial charge in [0, 0.05) is 12.1 Å².